The monoisotopic (exact) mass is 214 g/mol. The van der Waals surface area contributed by atoms with Crippen molar-refractivity contribution in [1.29, 1.82) is 0 Å². The number of nitrogens with two attached hydrogens (primary N) is 1. The Morgan fingerprint density at radius 2 is 2.36 bits per heavy atom. The number of amides is 1. The zero-order valence-electron chi connectivity index (χ0n) is 8.26. The number of hydrogen-bond donors (Lipinski definition) is 3. The number of rotatable bonds is 4. The van der Waals surface area contributed by atoms with E-state index >= 15 is 0 Å². The number of nitrogens with zero attached hydrogens (tertiary/aromatic N) is 1. The second kappa shape index (κ2) is 4.80. The third-order valence-corrected chi connectivity index (χ3v) is 2.53. The Labute approximate surface area is 86.9 Å². The molecule has 1 aromatic rings. The van der Waals surface area contributed by atoms with E-state index < -0.39 is 0 Å². The molecule has 0 aliphatic heterocycles. The zero-order valence-corrected chi connectivity index (χ0v) is 9.07. The molecule has 0 atom stereocenters. The van der Waals surface area contributed by atoms with E-state index in [0.29, 0.717) is 5.56 Å². The number of hydrogen-bond acceptors (Lipinski definition) is 5. The number of anilines is 2. The molecule has 0 bridgehead atoms. The maximum absolute atomic E-state index is 11.4. The second-order valence-electron chi connectivity index (χ2n) is 2.78. The Hall–Kier alpha value is -1.30. The molecule has 0 spiro atoms. The van der Waals surface area contributed by atoms with E-state index in [1.807, 2.05) is 0 Å². The van der Waals surface area contributed by atoms with Crippen LogP contribution in [0, 0.1) is 0 Å². The highest BCUT2D eigenvalue weighted by molar-refractivity contribution is 7.11. The Morgan fingerprint density at radius 3 is 2.93 bits per heavy atom. The predicted octanol–water partition coefficient (Wildman–Crippen LogP) is 0.907. The maximum atomic E-state index is 11.4. The standard InChI is InChI=1S/C8H14N4OS/c1-3-4-11-8-5(7(13)10-2)6(9)12-14-8/h11H,3-4H2,1-2H3,(H2,9,12)(H,10,13). The van der Waals surface area contributed by atoms with Crippen LogP contribution in [0.1, 0.15) is 23.7 Å². The van der Waals surface area contributed by atoms with Gasteiger partial charge in [0.25, 0.3) is 5.91 Å². The zero-order chi connectivity index (χ0) is 10.6. The average Bonchev–Trinajstić information content (AvgIpc) is 2.55. The van der Waals surface area contributed by atoms with Gasteiger partial charge in [0.15, 0.2) is 5.82 Å². The third-order valence-electron chi connectivity index (χ3n) is 1.71. The summed E-state index contributed by atoms with van der Waals surface area (Å²) in [6.07, 6.45) is 0.991. The first-order chi connectivity index (χ1) is 6.70. The minimum Gasteiger partial charge on any atom is -0.382 e. The van der Waals surface area contributed by atoms with Crippen molar-refractivity contribution in [3.05, 3.63) is 5.56 Å². The third kappa shape index (κ3) is 2.14. The van der Waals surface area contributed by atoms with E-state index in [1.165, 1.54) is 11.5 Å². The van der Waals surface area contributed by atoms with E-state index in [-0.39, 0.29) is 11.7 Å². The molecule has 14 heavy (non-hydrogen) atoms. The van der Waals surface area contributed by atoms with Gasteiger partial charge < -0.3 is 16.4 Å². The summed E-state index contributed by atoms with van der Waals surface area (Å²) in [7, 11) is 1.57. The summed E-state index contributed by atoms with van der Waals surface area (Å²) < 4.78 is 3.93. The summed E-state index contributed by atoms with van der Waals surface area (Å²) in [5.74, 6) is 0.0859. The van der Waals surface area contributed by atoms with Crippen LogP contribution in [0.5, 0.6) is 0 Å². The van der Waals surface area contributed by atoms with Gasteiger partial charge in [0.2, 0.25) is 0 Å². The van der Waals surface area contributed by atoms with Crippen LogP contribution in [-0.4, -0.2) is 23.9 Å². The van der Waals surface area contributed by atoms with E-state index in [4.69, 9.17) is 5.73 Å². The van der Waals surface area contributed by atoms with Gasteiger partial charge in [0.05, 0.1) is 0 Å². The van der Waals surface area contributed by atoms with Crippen molar-refractivity contribution >= 4 is 28.3 Å². The quantitative estimate of drug-likeness (QED) is 0.696. The van der Waals surface area contributed by atoms with Gasteiger partial charge in [-0.15, -0.1) is 0 Å². The summed E-state index contributed by atoms with van der Waals surface area (Å²) in [5, 5.41) is 6.39. The first-order valence-corrected chi connectivity index (χ1v) is 5.19. The molecular weight excluding hydrogens is 200 g/mol. The Kier molecular flexibility index (Phi) is 3.70. The second-order valence-corrected chi connectivity index (χ2v) is 3.55. The van der Waals surface area contributed by atoms with Crippen LogP contribution in [0.15, 0.2) is 0 Å². The van der Waals surface area contributed by atoms with Crippen molar-refractivity contribution in [2.24, 2.45) is 0 Å². The molecule has 1 aromatic heterocycles. The molecule has 78 valence electrons. The maximum Gasteiger partial charge on any atom is 0.257 e. The minimum absolute atomic E-state index is 0.199. The Bertz CT molecular complexity index is 323. The van der Waals surface area contributed by atoms with Crippen molar-refractivity contribution < 1.29 is 4.79 Å². The van der Waals surface area contributed by atoms with Gasteiger partial charge in [-0.2, -0.15) is 4.37 Å². The van der Waals surface area contributed by atoms with Gasteiger partial charge in [0, 0.05) is 13.6 Å². The molecule has 5 nitrogen and oxygen atoms in total. The fourth-order valence-corrected chi connectivity index (χ4v) is 1.74. The van der Waals surface area contributed by atoms with Gasteiger partial charge in [-0.05, 0) is 18.0 Å². The number of nitrogens with one attached hydrogen (secondary N) is 2. The largest absolute Gasteiger partial charge is 0.382 e. The van der Waals surface area contributed by atoms with Gasteiger partial charge in [0.1, 0.15) is 10.6 Å². The molecule has 0 saturated carbocycles. The summed E-state index contributed by atoms with van der Waals surface area (Å²) in [5.41, 5.74) is 6.04. The number of aromatic nitrogens is 1. The fourth-order valence-electron chi connectivity index (χ4n) is 1.01. The lowest BCUT2D eigenvalue weighted by molar-refractivity contribution is 0.0965. The number of carbonyl (C=O) groups excluding carboxylic acids is 1. The number of nitrogen functional groups attached to an aromatic ring is 1. The Morgan fingerprint density at radius 1 is 1.64 bits per heavy atom. The fraction of sp³-hybridized carbons (Fsp3) is 0.500. The molecule has 0 unspecified atom stereocenters. The normalized spacial score (nSPS) is 9.86. The molecule has 0 aliphatic rings. The lowest BCUT2D eigenvalue weighted by Crippen LogP contribution is -2.20. The molecule has 0 aliphatic carbocycles. The van der Waals surface area contributed by atoms with Gasteiger partial charge in [-0.1, -0.05) is 6.92 Å². The van der Waals surface area contributed by atoms with Crippen molar-refractivity contribution in [2.75, 3.05) is 24.6 Å². The first-order valence-electron chi connectivity index (χ1n) is 4.41. The molecule has 4 N–H and O–H groups in total. The average molecular weight is 214 g/mol. The highest BCUT2D eigenvalue weighted by Gasteiger charge is 2.17. The topological polar surface area (TPSA) is 80.0 Å². The molecule has 1 amide bonds. The van der Waals surface area contributed by atoms with Crippen LogP contribution in [0.25, 0.3) is 0 Å². The minimum atomic E-state index is -0.199. The SMILES string of the molecule is CCCNc1snc(N)c1C(=O)NC. The van der Waals surface area contributed by atoms with E-state index in [9.17, 15) is 4.79 Å². The van der Waals surface area contributed by atoms with Crippen LogP contribution in [0.4, 0.5) is 10.8 Å². The molecule has 1 rings (SSSR count). The first kappa shape index (κ1) is 10.8. The van der Waals surface area contributed by atoms with Crippen LogP contribution >= 0.6 is 11.5 Å². The lowest BCUT2D eigenvalue weighted by atomic mass is 10.3. The van der Waals surface area contributed by atoms with Crippen molar-refractivity contribution in [3.63, 3.8) is 0 Å². The lowest BCUT2D eigenvalue weighted by Gasteiger charge is -2.03. The van der Waals surface area contributed by atoms with E-state index in [1.54, 1.807) is 7.05 Å². The van der Waals surface area contributed by atoms with Gasteiger partial charge in [-0.25, -0.2) is 0 Å². The van der Waals surface area contributed by atoms with Crippen LogP contribution in [0.3, 0.4) is 0 Å². The van der Waals surface area contributed by atoms with Crippen LogP contribution < -0.4 is 16.4 Å². The molecular formula is C8H14N4OS. The van der Waals surface area contributed by atoms with Gasteiger partial charge in [-0.3, -0.25) is 4.79 Å². The van der Waals surface area contributed by atoms with Crippen molar-refractivity contribution in [3.8, 4) is 0 Å². The molecule has 1 heterocycles. The highest BCUT2D eigenvalue weighted by atomic mass is 32.1. The summed E-state index contributed by atoms with van der Waals surface area (Å²) in [6, 6.07) is 0. The summed E-state index contributed by atoms with van der Waals surface area (Å²) in [6.45, 7) is 2.86. The van der Waals surface area contributed by atoms with Crippen LogP contribution in [0.2, 0.25) is 0 Å². The number of carbonyl (C=O) groups is 1. The van der Waals surface area contributed by atoms with Crippen LogP contribution in [-0.2, 0) is 0 Å². The Balaban J connectivity index is 2.88. The highest BCUT2D eigenvalue weighted by Crippen LogP contribution is 2.26. The summed E-state index contributed by atoms with van der Waals surface area (Å²) in [4.78, 5) is 11.4. The molecule has 0 saturated heterocycles. The van der Waals surface area contributed by atoms with E-state index in [2.05, 4.69) is 21.9 Å². The van der Waals surface area contributed by atoms with Gasteiger partial charge >= 0.3 is 0 Å². The molecule has 0 fully saturated rings. The van der Waals surface area contributed by atoms with Crippen molar-refractivity contribution in [2.45, 2.75) is 13.3 Å². The molecule has 0 aromatic carbocycles. The van der Waals surface area contributed by atoms with E-state index in [0.717, 1.165) is 18.0 Å². The molecule has 0 radical (unpaired) electrons. The predicted molar refractivity (Wildman–Crippen MR) is 58.7 cm³/mol. The molecule has 6 heteroatoms. The summed E-state index contributed by atoms with van der Waals surface area (Å²) >= 11 is 1.21. The smallest absolute Gasteiger partial charge is 0.257 e. The van der Waals surface area contributed by atoms with Crippen molar-refractivity contribution in [1.82, 2.24) is 9.69 Å².